The number of anilines is 1. The number of aromatic nitrogens is 2. The largest absolute Gasteiger partial charge is 0.450 e. The summed E-state index contributed by atoms with van der Waals surface area (Å²) in [5.41, 5.74) is 3.60. The topological polar surface area (TPSA) is 51.0 Å². The zero-order valence-electron chi connectivity index (χ0n) is 13.1. The van der Waals surface area contributed by atoms with Crippen molar-refractivity contribution in [1.29, 1.82) is 0 Å². The second-order valence-electron chi connectivity index (χ2n) is 5.67. The van der Waals surface area contributed by atoms with E-state index in [1.807, 2.05) is 49.4 Å². The fraction of sp³-hybridized carbons (Fsp3) is 0.158. The van der Waals surface area contributed by atoms with Gasteiger partial charge in [0.05, 0.1) is 6.04 Å². The van der Waals surface area contributed by atoms with Crippen molar-refractivity contribution in [3.8, 4) is 0 Å². The minimum Gasteiger partial charge on any atom is -0.450 e. The molecule has 114 valence electrons. The highest BCUT2D eigenvalue weighted by Gasteiger charge is 2.16. The molecule has 1 atom stereocenters. The average molecular weight is 303 g/mol. The predicted molar refractivity (Wildman–Crippen MR) is 92.5 cm³/mol. The van der Waals surface area contributed by atoms with E-state index in [1.165, 1.54) is 5.56 Å². The standard InChI is InChI=1S/C19H17N3O/c1-12(14-8-4-3-5-9-14)20-19-18-17(21-13(2)22-19)15-10-6-7-11-16(15)23-18/h3-12H,1-2H3,(H,20,21,22)/t12-/m0/s1. The first-order valence-corrected chi connectivity index (χ1v) is 7.70. The lowest BCUT2D eigenvalue weighted by atomic mass is 10.1. The molecule has 2 heterocycles. The van der Waals surface area contributed by atoms with E-state index in [1.54, 1.807) is 0 Å². The molecule has 0 unspecified atom stereocenters. The molecule has 0 radical (unpaired) electrons. The Hall–Kier alpha value is -2.88. The van der Waals surface area contributed by atoms with E-state index < -0.39 is 0 Å². The molecule has 0 aliphatic rings. The third-order valence-corrected chi connectivity index (χ3v) is 3.98. The lowest BCUT2D eigenvalue weighted by molar-refractivity contribution is 0.664. The number of hydrogen-bond donors (Lipinski definition) is 1. The summed E-state index contributed by atoms with van der Waals surface area (Å²) >= 11 is 0. The molecule has 23 heavy (non-hydrogen) atoms. The molecule has 0 bridgehead atoms. The van der Waals surface area contributed by atoms with Crippen LogP contribution in [0.1, 0.15) is 24.4 Å². The SMILES string of the molecule is Cc1nc(N[C@@H](C)c2ccccc2)c2oc3ccccc3c2n1. The normalized spacial score (nSPS) is 12.6. The van der Waals surface area contributed by atoms with Crippen molar-refractivity contribution in [2.24, 2.45) is 0 Å². The maximum atomic E-state index is 5.99. The summed E-state index contributed by atoms with van der Waals surface area (Å²) < 4.78 is 5.99. The van der Waals surface area contributed by atoms with Crippen LogP contribution in [0.15, 0.2) is 59.0 Å². The third kappa shape index (κ3) is 2.42. The zero-order chi connectivity index (χ0) is 15.8. The van der Waals surface area contributed by atoms with Crippen LogP contribution in [0.5, 0.6) is 0 Å². The van der Waals surface area contributed by atoms with Gasteiger partial charge in [-0.2, -0.15) is 0 Å². The highest BCUT2D eigenvalue weighted by molar-refractivity contribution is 6.05. The van der Waals surface area contributed by atoms with E-state index in [-0.39, 0.29) is 6.04 Å². The molecular weight excluding hydrogens is 286 g/mol. The lowest BCUT2D eigenvalue weighted by Gasteiger charge is -2.15. The Morgan fingerprint density at radius 2 is 1.70 bits per heavy atom. The van der Waals surface area contributed by atoms with Gasteiger partial charge in [0.1, 0.15) is 16.9 Å². The number of hydrogen-bond acceptors (Lipinski definition) is 4. The van der Waals surface area contributed by atoms with Crippen molar-refractivity contribution in [2.75, 3.05) is 5.32 Å². The van der Waals surface area contributed by atoms with E-state index in [0.717, 1.165) is 28.1 Å². The summed E-state index contributed by atoms with van der Waals surface area (Å²) in [5.74, 6) is 1.46. The van der Waals surface area contributed by atoms with Crippen LogP contribution in [0.2, 0.25) is 0 Å². The lowest BCUT2D eigenvalue weighted by Crippen LogP contribution is -2.09. The van der Waals surface area contributed by atoms with Gasteiger partial charge >= 0.3 is 0 Å². The molecule has 4 nitrogen and oxygen atoms in total. The number of furan rings is 1. The fourth-order valence-electron chi connectivity index (χ4n) is 2.83. The molecule has 0 aliphatic heterocycles. The van der Waals surface area contributed by atoms with E-state index in [2.05, 4.69) is 34.3 Å². The molecular formula is C19H17N3O. The molecule has 4 aromatic rings. The second-order valence-corrected chi connectivity index (χ2v) is 5.67. The monoisotopic (exact) mass is 303 g/mol. The fourth-order valence-corrected chi connectivity index (χ4v) is 2.83. The number of para-hydroxylation sites is 1. The smallest absolute Gasteiger partial charge is 0.196 e. The second kappa shape index (κ2) is 5.39. The van der Waals surface area contributed by atoms with Crippen LogP contribution >= 0.6 is 0 Å². The van der Waals surface area contributed by atoms with E-state index >= 15 is 0 Å². The first-order valence-electron chi connectivity index (χ1n) is 7.70. The molecule has 4 rings (SSSR count). The van der Waals surface area contributed by atoms with Gasteiger partial charge in [0.15, 0.2) is 11.4 Å². The van der Waals surface area contributed by atoms with Gasteiger partial charge in [0.2, 0.25) is 0 Å². The number of nitrogens with zero attached hydrogens (tertiary/aromatic N) is 2. The van der Waals surface area contributed by atoms with E-state index in [9.17, 15) is 0 Å². The molecule has 4 heteroatoms. The molecule has 0 saturated carbocycles. The van der Waals surface area contributed by atoms with Crippen molar-refractivity contribution in [2.45, 2.75) is 19.9 Å². The van der Waals surface area contributed by atoms with Crippen LogP contribution in [0.4, 0.5) is 5.82 Å². The highest BCUT2D eigenvalue weighted by Crippen LogP contribution is 2.32. The molecule has 2 aromatic heterocycles. The van der Waals surface area contributed by atoms with Gasteiger partial charge in [-0.1, -0.05) is 42.5 Å². The van der Waals surface area contributed by atoms with Gasteiger partial charge < -0.3 is 9.73 Å². The van der Waals surface area contributed by atoms with Crippen molar-refractivity contribution >= 4 is 27.9 Å². The molecule has 0 spiro atoms. The molecule has 0 amide bonds. The van der Waals surface area contributed by atoms with E-state index in [4.69, 9.17) is 4.42 Å². The minimum atomic E-state index is 0.127. The summed E-state index contributed by atoms with van der Waals surface area (Å²) in [4.78, 5) is 9.11. The molecule has 1 N–H and O–H groups in total. The maximum Gasteiger partial charge on any atom is 0.196 e. The van der Waals surface area contributed by atoms with Gasteiger partial charge in [-0.05, 0) is 31.5 Å². The summed E-state index contributed by atoms with van der Waals surface area (Å²) in [5, 5.41) is 4.48. The molecule has 2 aromatic carbocycles. The molecule has 0 aliphatic carbocycles. The first-order chi connectivity index (χ1) is 11.2. The van der Waals surface area contributed by atoms with Gasteiger partial charge in [-0.25, -0.2) is 9.97 Å². The highest BCUT2D eigenvalue weighted by atomic mass is 16.3. The number of nitrogens with one attached hydrogen (secondary N) is 1. The van der Waals surface area contributed by atoms with Gasteiger partial charge in [-0.15, -0.1) is 0 Å². The van der Waals surface area contributed by atoms with Gasteiger partial charge in [0, 0.05) is 5.39 Å². The summed E-state index contributed by atoms with van der Waals surface area (Å²) in [7, 11) is 0. The van der Waals surface area contributed by atoms with Crippen LogP contribution in [0, 0.1) is 6.92 Å². The Morgan fingerprint density at radius 1 is 0.957 bits per heavy atom. The average Bonchev–Trinajstić information content (AvgIpc) is 2.94. The molecule has 0 saturated heterocycles. The van der Waals surface area contributed by atoms with Crippen LogP contribution < -0.4 is 5.32 Å². The predicted octanol–water partition coefficient (Wildman–Crippen LogP) is 4.86. The summed E-state index contributed by atoms with van der Waals surface area (Å²) in [6.45, 7) is 4.01. The Labute approximate surface area is 134 Å². The summed E-state index contributed by atoms with van der Waals surface area (Å²) in [6, 6.07) is 18.4. The van der Waals surface area contributed by atoms with Gasteiger partial charge in [0.25, 0.3) is 0 Å². The minimum absolute atomic E-state index is 0.127. The Balaban J connectivity index is 1.83. The Kier molecular flexibility index (Phi) is 3.23. The quantitative estimate of drug-likeness (QED) is 0.587. The van der Waals surface area contributed by atoms with Crippen LogP contribution in [-0.4, -0.2) is 9.97 Å². The van der Waals surface area contributed by atoms with Crippen molar-refractivity contribution < 1.29 is 4.42 Å². The van der Waals surface area contributed by atoms with Crippen molar-refractivity contribution in [3.05, 3.63) is 66.0 Å². The third-order valence-electron chi connectivity index (χ3n) is 3.98. The first kappa shape index (κ1) is 13.8. The van der Waals surface area contributed by atoms with Crippen molar-refractivity contribution in [1.82, 2.24) is 9.97 Å². The number of rotatable bonds is 3. The Bertz CT molecular complexity index is 976. The Morgan fingerprint density at radius 3 is 2.52 bits per heavy atom. The molecule has 0 fully saturated rings. The van der Waals surface area contributed by atoms with E-state index in [0.29, 0.717) is 5.58 Å². The van der Waals surface area contributed by atoms with Gasteiger partial charge in [-0.3, -0.25) is 0 Å². The number of aryl methyl sites for hydroxylation is 1. The summed E-state index contributed by atoms with van der Waals surface area (Å²) in [6.07, 6.45) is 0. The van der Waals surface area contributed by atoms with Crippen LogP contribution in [-0.2, 0) is 0 Å². The maximum absolute atomic E-state index is 5.99. The van der Waals surface area contributed by atoms with Crippen LogP contribution in [0.25, 0.3) is 22.1 Å². The van der Waals surface area contributed by atoms with Crippen molar-refractivity contribution in [3.63, 3.8) is 0 Å². The number of benzene rings is 2. The van der Waals surface area contributed by atoms with Crippen LogP contribution in [0.3, 0.4) is 0 Å². The zero-order valence-corrected chi connectivity index (χ0v) is 13.1. The number of fused-ring (bicyclic) bond motifs is 3.